The average molecular weight is 501 g/mol. The number of benzene rings is 1. The third kappa shape index (κ3) is 4.90. The molecule has 8 heteroatoms. The maximum atomic E-state index is 12.3. The van der Waals surface area contributed by atoms with Crippen molar-refractivity contribution in [3.8, 4) is 28.1 Å². The number of thiophene rings is 1. The van der Waals surface area contributed by atoms with Crippen LogP contribution in [-0.4, -0.2) is 51.7 Å². The molecule has 184 valence electrons. The predicted octanol–water partition coefficient (Wildman–Crippen LogP) is 6.75. The molecule has 7 nitrogen and oxygen atoms in total. The fourth-order valence-corrected chi connectivity index (χ4v) is 4.87. The summed E-state index contributed by atoms with van der Waals surface area (Å²) >= 11 is 1.72. The first-order valence-corrected chi connectivity index (χ1v) is 12.6. The second-order valence-electron chi connectivity index (χ2n) is 9.57. The molecule has 0 aliphatic carbocycles. The van der Waals surface area contributed by atoms with Crippen LogP contribution < -0.4 is 4.74 Å². The number of aromatic nitrogens is 3. The second-order valence-corrected chi connectivity index (χ2v) is 10.5. The number of fused-ring (bicyclic) bond motifs is 2. The Kier molecular flexibility index (Phi) is 6.36. The number of amides is 1. The third-order valence-electron chi connectivity index (χ3n) is 5.74. The normalized spacial score (nSPS) is 11.7. The standard InChI is InChI=1S/C28H28N4O3S/c1-28(2,3)35-27(33)32(4)13-14-34-22-17-29-12-9-20(22)25-24(26-21(31-25)6-5-11-30-26)19-8-7-18-10-15-36-23(18)16-19/h5-12,15-17,31H,13-14H2,1-4H3. The van der Waals surface area contributed by atoms with Crippen molar-refractivity contribution in [1.29, 1.82) is 0 Å². The van der Waals surface area contributed by atoms with Gasteiger partial charge in [-0.05, 0) is 67.4 Å². The van der Waals surface area contributed by atoms with E-state index in [0.717, 1.165) is 33.4 Å². The van der Waals surface area contributed by atoms with Gasteiger partial charge in [-0.1, -0.05) is 12.1 Å². The number of ether oxygens (including phenoxy) is 2. The first kappa shape index (κ1) is 23.8. The van der Waals surface area contributed by atoms with Crippen molar-refractivity contribution in [1.82, 2.24) is 19.9 Å². The van der Waals surface area contributed by atoms with E-state index in [2.05, 4.69) is 39.6 Å². The van der Waals surface area contributed by atoms with Crippen molar-refractivity contribution in [2.45, 2.75) is 26.4 Å². The van der Waals surface area contributed by atoms with Gasteiger partial charge in [-0.3, -0.25) is 9.97 Å². The number of aromatic amines is 1. The van der Waals surface area contributed by atoms with Crippen LogP contribution in [-0.2, 0) is 4.74 Å². The number of H-pyrrole nitrogens is 1. The van der Waals surface area contributed by atoms with Gasteiger partial charge in [0.25, 0.3) is 0 Å². The van der Waals surface area contributed by atoms with E-state index in [1.54, 1.807) is 30.8 Å². The lowest BCUT2D eigenvalue weighted by molar-refractivity contribution is 0.0278. The van der Waals surface area contributed by atoms with Crippen LogP contribution in [0.25, 0.3) is 43.5 Å². The summed E-state index contributed by atoms with van der Waals surface area (Å²) in [5, 5.41) is 3.33. The van der Waals surface area contributed by atoms with Gasteiger partial charge in [0.15, 0.2) is 0 Å². The Labute approximate surface area is 213 Å². The fourth-order valence-electron chi connectivity index (χ4n) is 4.04. The van der Waals surface area contributed by atoms with Gasteiger partial charge in [-0.15, -0.1) is 11.3 Å². The summed E-state index contributed by atoms with van der Waals surface area (Å²) in [5.41, 5.74) is 5.19. The Morgan fingerprint density at radius 1 is 1.14 bits per heavy atom. The van der Waals surface area contributed by atoms with Crippen molar-refractivity contribution in [2.24, 2.45) is 0 Å². The van der Waals surface area contributed by atoms with Gasteiger partial charge >= 0.3 is 6.09 Å². The number of rotatable bonds is 6. The molecular weight excluding hydrogens is 472 g/mol. The number of carbonyl (C=O) groups excluding carboxylic acids is 1. The van der Waals surface area contributed by atoms with Gasteiger partial charge in [0.2, 0.25) is 0 Å². The quantitative estimate of drug-likeness (QED) is 0.279. The number of carbonyl (C=O) groups is 1. The molecule has 5 rings (SSSR count). The number of nitrogens with zero attached hydrogens (tertiary/aromatic N) is 3. The Morgan fingerprint density at radius 3 is 2.83 bits per heavy atom. The lowest BCUT2D eigenvalue weighted by atomic mass is 10.00. The molecule has 0 unspecified atom stereocenters. The van der Waals surface area contributed by atoms with Crippen LogP contribution >= 0.6 is 11.3 Å². The van der Waals surface area contributed by atoms with E-state index in [9.17, 15) is 4.79 Å². The zero-order valence-corrected chi connectivity index (χ0v) is 21.6. The largest absolute Gasteiger partial charge is 0.489 e. The van der Waals surface area contributed by atoms with Gasteiger partial charge in [-0.2, -0.15) is 0 Å². The van der Waals surface area contributed by atoms with Gasteiger partial charge in [0.05, 0.1) is 29.5 Å². The maximum Gasteiger partial charge on any atom is 0.410 e. The summed E-state index contributed by atoms with van der Waals surface area (Å²) in [6.07, 6.45) is 4.88. The average Bonchev–Trinajstić information content (AvgIpc) is 3.47. The van der Waals surface area contributed by atoms with Crippen molar-refractivity contribution in [2.75, 3.05) is 20.2 Å². The first-order valence-electron chi connectivity index (χ1n) is 11.8. The molecule has 36 heavy (non-hydrogen) atoms. The Balaban J connectivity index is 1.47. The molecule has 1 N–H and O–H groups in total. The van der Waals surface area contributed by atoms with Crippen LogP contribution in [0.15, 0.2) is 66.4 Å². The first-order chi connectivity index (χ1) is 17.3. The summed E-state index contributed by atoms with van der Waals surface area (Å²) in [6.45, 7) is 6.21. The van der Waals surface area contributed by atoms with Crippen LogP contribution in [0.1, 0.15) is 20.8 Å². The van der Waals surface area contributed by atoms with Crippen molar-refractivity contribution < 1.29 is 14.3 Å². The highest BCUT2D eigenvalue weighted by Crippen LogP contribution is 2.41. The molecule has 1 amide bonds. The molecule has 4 heterocycles. The van der Waals surface area contributed by atoms with Crippen LogP contribution in [0.5, 0.6) is 5.75 Å². The van der Waals surface area contributed by atoms with Crippen LogP contribution in [0.4, 0.5) is 4.79 Å². The molecule has 0 aliphatic heterocycles. The molecule has 0 saturated heterocycles. The number of likely N-dealkylation sites (N-methyl/N-ethyl adjacent to an activating group) is 1. The van der Waals surface area contributed by atoms with Gasteiger partial charge in [-0.25, -0.2) is 4.79 Å². The molecule has 0 atom stereocenters. The highest BCUT2D eigenvalue weighted by Gasteiger charge is 2.21. The lowest BCUT2D eigenvalue weighted by Gasteiger charge is -2.24. The monoisotopic (exact) mass is 500 g/mol. The molecule has 5 aromatic rings. The molecule has 0 radical (unpaired) electrons. The van der Waals surface area contributed by atoms with Crippen molar-refractivity contribution in [3.05, 3.63) is 66.4 Å². The SMILES string of the molecule is CN(CCOc1cnccc1-c1[nH]c2cccnc2c1-c1ccc2ccsc2c1)C(=O)OC(C)(C)C. The molecule has 0 aliphatic rings. The predicted molar refractivity (Wildman–Crippen MR) is 145 cm³/mol. The van der Waals surface area contributed by atoms with E-state index < -0.39 is 5.60 Å². The Morgan fingerprint density at radius 2 is 2.00 bits per heavy atom. The number of hydrogen-bond donors (Lipinski definition) is 1. The maximum absolute atomic E-state index is 12.3. The third-order valence-corrected chi connectivity index (χ3v) is 6.62. The van der Waals surface area contributed by atoms with Gasteiger partial charge < -0.3 is 19.4 Å². The summed E-state index contributed by atoms with van der Waals surface area (Å²) < 4.78 is 12.8. The van der Waals surface area contributed by atoms with E-state index in [4.69, 9.17) is 14.5 Å². The molecular formula is C28H28N4O3S. The summed E-state index contributed by atoms with van der Waals surface area (Å²) in [4.78, 5) is 26.3. The minimum atomic E-state index is -0.547. The minimum Gasteiger partial charge on any atom is -0.489 e. The molecule has 0 saturated carbocycles. The number of pyridine rings is 2. The lowest BCUT2D eigenvalue weighted by Crippen LogP contribution is -2.36. The van der Waals surface area contributed by atoms with Crippen molar-refractivity contribution in [3.63, 3.8) is 0 Å². The summed E-state index contributed by atoms with van der Waals surface area (Å²) in [6, 6.07) is 14.5. The van der Waals surface area contributed by atoms with Crippen LogP contribution in [0.3, 0.4) is 0 Å². The molecule has 0 fully saturated rings. The highest BCUT2D eigenvalue weighted by atomic mass is 32.1. The summed E-state index contributed by atoms with van der Waals surface area (Å²) in [7, 11) is 1.70. The smallest absolute Gasteiger partial charge is 0.410 e. The molecule has 0 spiro atoms. The van der Waals surface area contributed by atoms with E-state index >= 15 is 0 Å². The molecule has 0 bridgehead atoms. The Hall–Kier alpha value is -3.91. The van der Waals surface area contributed by atoms with E-state index in [1.807, 2.05) is 45.2 Å². The van der Waals surface area contributed by atoms with E-state index in [0.29, 0.717) is 18.9 Å². The number of hydrogen-bond acceptors (Lipinski definition) is 6. The second kappa shape index (κ2) is 9.62. The summed E-state index contributed by atoms with van der Waals surface area (Å²) in [5.74, 6) is 0.625. The highest BCUT2D eigenvalue weighted by molar-refractivity contribution is 7.17. The zero-order valence-electron chi connectivity index (χ0n) is 20.7. The van der Waals surface area contributed by atoms with E-state index in [-0.39, 0.29) is 6.09 Å². The van der Waals surface area contributed by atoms with Gasteiger partial charge in [0.1, 0.15) is 18.0 Å². The fraction of sp³-hybridized carbons (Fsp3) is 0.250. The number of nitrogens with one attached hydrogen (secondary N) is 1. The van der Waals surface area contributed by atoms with Crippen molar-refractivity contribution >= 4 is 38.5 Å². The van der Waals surface area contributed by atoms with E-state index in [1.165, 1.54) is 15.0 Å². The van der Waals surface area contributed by atoms with Crippen LogP contribution in [0, 0.1) is 0 Å². The topological polar surface area (TPSA) is 80.3 Å². The minimum absolute atomic E-state index is 0.295. The van der Waals surface area contributed by atoms with Gasteiger partial charge in [0, 0.05) is 35.3 Å². The Bertz CT molecular complexity index is 1530. The molecule has 4 aromatic heterocycles. The molecule has 1 aromatic carbocycles. The zero-order chi connectivity index (χ0) is 25.3. The van der Waals surface area contributed by atoms with Crippen LogP contribution in [0.2, 0.25) is 0 Å².